The van der Waals surface area contributed by atoms with Crippen LogP contribution >= 0.6 is 11.8 Å². The molecule has 0 saturated heterocycles. The number of rotatable bonds is 10. The van der Waals surface area contributed by atoms with E-state index in [0.29, 0.717) is 25.4 Å². The number of nitrogens with one attached hydrogen (secondary N) is 2. The Labute approximate surface area is 171 Å². The maximum absolute atomic E-state index is 12.2. The smallest absolute Gasteiger partial charge is 0.220 e. The number of aromatic nitrogens is 4. The summed E-state index contributed by atoms with van der Waals surface area (Å²) in [4.78, 5) is 21.6. The van der Waals surface area contributed by atoms with Crippen LogP contribution in [0.4, 0.5) is 5.82 Å². The summed E-state index contributed by atoms with van der Waals surface area (Å²) in [6.45, 7) is 7.51. The molecule has 2 N–H and O–H groups in total. The number of fused-ring (bicyclic) bond motifs is 1. The summed E-state index contributed by atoms with van der Waals surface area (Å²) in [7, 11) is 0. The summed E-state index contributed by atoms with van der Waals surface area (Å²) in [6.07, 6.45) is 8.46. The van der Waals surface area contributed by atoms with E-state index < -0.39 is 0 Å². The average molecular weight is 405 g/mol. The van der Waals surface area contributed by atoms with Gasteiger partial charge in [0.15, 0.2) is 10.8 Å². The minimum atomic E-state index is 0.152. The third-order valence-corrected chi connectivity index (χ3v) is 5.98. The maximum atomic E-state index is 12.2. The highest BCUT2D eigenvalue weighted by atomic mass is 32.2. The lowest BCUT2D eigenvalue weighted by Crippen LogP contribution is -2.28. The number of carbonyl (C=O) groups excluding carboxylic acids is 1. The van der Waals surface area contributed by atoms with Crippen LogP contribution in [-0.2, 0) is 11.3 Å². The molecular weight excluding hydrogens is 372 g/mol. The lowest BCUT2D eigenvalue weighted by Gasteiger charge is -2.12. The quantitative estimate of drug-likeness (QED) is 0.462. The van der Waals surface area contributed by atoms with Crippen LogP contribution in [0.5, 0.6) is 0 Å². The van der Waals surface area contributed by atoms with E-state index in [2.05, 4.69) is 41.5 Å². The Morgan fingerprint density at radius 1 is 1.32 bits per heavy atom. The van der Waals surface area contributed by atoms with Crippen molar-refractivity contribution in [1.82, 2.24) is 25.1 Å². The number of thioether (sulfide) groups is 1. The molecule has 0 spiro atoms. The normalized spacial score (nSPS) is 14.9. The van der Waals surface area contributed by atoms with Crippen molar-refractivity contribution >= 4 is 34.5 Å². The van der Waals surface area contributed by atoms with Gasteiger partial charge in [0, 0.05) is 24.8 Å². The van der Waals surface area contributed by atoms with E-state index in [1.54, 1.807) is 11.8 Å². The zero-order valence-electron chi connectivity index (χ0n) is 17.2. The van der Waals surface area contributed by atoms with Gasteiger partial charge >= 0.3 is 0 Å². The number of amides is 1. The third kappa shape index (κ3) is 5.59. The maximum Gasteiger partial charge on any atom is 0.220 e. The Morgan fingerprint density at radius 2 is 2.11 bits per heavy atom. The van der Waals surface area contributed by atoms with Crippen molar-refractivity contribution in [3.05, 3.63) is 6.20 Å². The third-order valence-electron chi connectivity index (χ3n) is 4.93. The molecule has 8 heteroatoms. The topological polar surface area (TPSA) is 84.7 Å². The summed E-state index contributed by atoms with van der Waals surface area (Å²) in [6, 6.07) is 0.278. The fourth-order valence-electron chi connectivity index (χ4n) is 3.59. The van der Waals surface area contributed by atoms with E-state index in [4.69, 9.17) is 4.98 Å². The first-order valence-corrected chi connectivity index (χ1v) is 11.4. The molecule has 2 heterocycles. The van der Waals surface area contributed by atoms with Crippen LogP contribution in [0.3, 0.4) is 0 Å². The second-order valence-electron chi connectivity index (χ2n) is 7.81. The van der Waals surface area contributed by atoms with Crippen LogP contribution in [0.15, 0.2) is 11.4 Å². The molecule has 3 rings (SSSR count). The van der Waals surface area contributed by atoms with E-state index in [-0.39, 0.29) is 11.9 Å². The van der Waals surface area contributed by atoms with Crippen molar-refractivity contribution in [3.8, 4) is 0 Å². The first-order valence-electron chi connectivity index (χ1n) is 10.5. The molecule has 1 amide bonds. The Balaban J connectivity index is 1.67. The number of hydrogen-bond donors (Lipinski definition) is 2. The highest BCUT2D eigenvalue weighted by Crippen LogP contribution is 2.27. The second-order valence-corrected chi connectivity index (χ2v) is 8.87. The van der Waals surface area contributed by atoms with E-state index >= 15 is 0 Å². The van der Waals surface area contributed by atoms with Crippen molar-refractivity contribution in [2.24, 2.45) is 5.92 Å². The molecule has 0 bridgehead atoms. The molecule has 1 saturated carbocycles. The lowest BCUT2D eigenvalue weighted by atomic mass is 10.0. The number of hydrogen-bond acceptors (Lipinski definition) is 6. The van der Waals surface area contributed by atoms with Crippen LogP contribution in [0.2, 0.25) is 0 Å². The Morgan fingerprint density at radius 3 is 2.82 bits per heavy atom. The van der Waals surface area contributed by atoms with Crippen LogP contribution in [-0.4, -0.2) is 44.0 Å². The Kier molecular flexibility index (Phi) is 7.53. The fraction of sp³-hybridized carbons (Fsp3) is 0.700. The molecule has 154 valence electrons. The van der Waals surface area contributed by atoms with Gasteiger partial charge in [-0.25, -0.2) is 14.6 Å². The lowest BCUT2D eigenvalue weighted by molar-refractivity contribution is -0.122. The first kappa shape index (κ1) is 20.9. The van der Waals surface area contributed by atoms with Crippen molar-refractivity contribution in [2.75, 3.05) is 17.6 Å². The summed E-state index contributed by atoms with van der Waals surface area (Å²) in [5, 5.41) is 12.6. The van der Waals surface area contributed by atoms with Gasteiger partial charge < -0.3 is 10.6 Å². The largest absolute Gasteiger partial charge is 0.367 e. The molecular formula is C20H32N6OS. The van der Waals surface area contributed by atoms with Crippen LogP contribution in [0.1, 0.15) is 59.3 Å². The van der Waals surface area contributed by atoms with Gasteiger partial charge in [-0.05, 0) is 39.0 Å². The average Bonchev–Trinajstić information content (AvgIpc) is 3.30. The minimum Gasteiger partial charge on any atom is -0.367 e. The van der Waals surface area contributed by atoms with E-state index in [9.17, 15) is 4.79 Å². The van der Waals surface area contributed by atoms with Crippen molar-refractivity contribution in [1.29, 1.82) is 0 Å². The van der Waals surface area contributed by atoms with Gasteiger partial charge in [-0.2, -0.15) is 5.10 Å². The summed E-state index contributed by atoms with van der Waals surface area (Å²) < 4.78 is 1.87. The van der Waals surface area contributed by atoms with Gasteiger partial charge in [0.25, 0.3) is 0 Å². The Bertz CT molecular complexity index is 784. The molecule has 0 atom stereocenters. The molecule has 0 radical (unpaired) electrons. The molecule has 0 aromatic carbocycles. The van der Waals surface area contributed by atoms with E-state index in [1.165, 1.54) is 25.7 Å². The van der Waals surface area contributed by atoms with E-state index in [0.717, 1.165) is 34.2 Å². The van der Waals surface area contributed by atoms with Gasteiger partial charge in [-0.3, -0.25) is 4.79 Å². The summed E-state index contributed by atoms with van der Waals surface area (Å²) in [5.41, 5.74) is 0.821. The molecule has 0 unspecified atom stereocenters. The Hall–Kier alpha value is -1.83. The predicted molar refractivity (Wildman–Crippen MR) is 115 cm³/mol. The van der Waals surface area contributed by atoms with Crippen molar-refractivity contribution < 1.29 is 4.79 Å². The standard InChI is InChI=1S/C20H32N6OS/c1-4-11-28-20-24-18(23-14(2)3)16-13-22-26(19(16)25-20)10-9-21-17(27)12-15-7-5-6-8-15/h13-15H,4-12H2,1-3H3,(H,21,27)(H,23,24,25). The SMILES string of the molecule is CCCSc1nc(NC(C)C)c2cnn(CCNC(=O)CC3CCCC3)c2n1. The number of carbonyl (C=O) groups is 1. The van der Waals surface area contributed by atoms with Gasteiger partial charge in [0.05, 0.1) is 18.1 Å². The molecule has 1 fully saturated rings. The molecule has 1 aliphatic carbocycles. The molecule has 28 heavy (non-hydrogen) atoms. The molecule has 2 aromatic rings. The van der Waals surface area contributed by atoms with Crippen LogP contribution in [0, 0.1) is 5.92 Å². The highest BCUT2D eigenvalue weighted by molar-refractivity contribution is 7.99. The fourth-order valence-corrected chi connectivity index (χ4v) is 4.28. The minimum absolute atomic E-state index is 0.152. The predicted octanol–water partition coefficient (Wildman–Crippen LogP) is 3.85. The van der Waals surface area contributed by atoms with Crippen LogP contribution in [0.25, 0.3) is 11.0 Å². The van der Waals surface area contributed by atoms with Crippen LogP contribution < -0.4 is 10.6 Å². The zero-order chi connectivity index (χ0) is 19.9. The van der Waals surface area contributed by atoms with Gasteiger partial charge in [-0.15, -0.1) is 0 Å². The van der Waals surface area contributed by atoms with Crippen molar-refractivity contribution in [3.63, 3.8) is 0 Å². The highest BCUT2D eigenvalue weighted by Gasteiger charge is 2.18. The molecule has 7 nitrogen and oxygen atoms in total. The molecule has 1 aliphatic rings. The number of anilines is 1. The first-order chi connectivity index (χ1) is 13.6. The summed E-state index contributed by atoms with van der Waals surface area (Å²) >= 11 is 1.66. The van der Waals surface area contributed by atoms with Gasteiger partial charge in [-0.1, -0.05) is 31.5 Å². The van der Waals surface area contributed by atoms with E-state index in [1.807, 2.05) is 10.9 Å². The number of nitrogens with zero attached hydrogens (tertiary/aromatic N) is 4. The van der Waals surface area contributed by atoms with Gasteiger partial charge in [0.1, 0.15) is 5.82 Å². The molecule has 0 aliphatic heterocycles. The monoisotopic (exact) mass is 404 g/mol. The van der Waals surface area contributed by atoms with Crippen molar-refractivity contribution in [2.45, 2.75) is 77.0 Å². The van der Waals surface area contributed by atoms with Gasteiger partial charge in [0.2, 0.25) is 5.91 Å². The second kappa shape index (κ2) is 10.1. The molecule has 2 aromatic heterocycles. The zero-order valence-corrected chi connectivity index (χ0v) is 18.0. The summed E-state index contributed by atoms with van der Waals surface area (Å²) in [5.74, 6) is 2.54.